The molecule has 1 aliphatic carbocycles. The normalized spacial score (nSPS) is 36.8. The van der Waals surface area contributed by atoms with Gasteiger partial charge in [-0.25, -0.2) is 0 Å². The smallest absolute Gasteiger partial charge is 0.302 e. The van der Waals surface area contributed by atoms with Crippen LogP contribution in [0, 0.1) is 17.8 Å². The summed E-state index contributed by atoms with van der Waals surface area (Å²) in [6.07, 6.45) is 3.43. The minimum Gasteiger partial charge on any atom is -0.339 e. The van der Waals surface area contributed by atoms with E-state index in [0.717, 1.165) is 12.8 Å². The van der Waals surface area contributed by atoms with Gasteiger partial charge in [-0.15, -0.1) is 3.89 Å². The number of carbonyl (C=O) groups excluding carboxylic acids is 1. The lowest BCUT2D eigenvalue weighted by Crippen LogP contribution is -2.45. The van der Waals surface area contributed by atoms with Gasteiger partial charge in [-0.1, -0.05) is 26.7 Å². The molecule has 0 aromatic carbocycles. The SMILES string of the molecule is CC1CCCC(N2CC(CS(=O)(=O)F)CC2=O)C1C. The summed E-state index contributed by atoms with van der Waals surface area (Å²) in [6, 6.07) is 0.198. The van der Waals surface area contributed by atoms with Gasteiger partial charge in [0.1, 0.15) is 0 Å². The van der Waals surface area contributed by atoms with Crippen LogP contribution in [-0.2, 0) is 15.0 Å². The molecule has 0 aromatic rings. The molecule has 1 aliphatic heterocycles. The molecular formula is C13H22FNO3S. The van der Waals surface area contributed by atoms with Gasteiger partial charge in [-0.3, -0.25) is 4.79 Å². The standard InChI is InChI=1S/C13H22FNO3S/c1-9-4-3-5-12(10(9)2)15-7-11(6-13(15)16)8-19(14,17)18/h9-12H,3-8H2,1-2H3. The zero-order valence-corrected chi connectivity index (χ0v) is 12.3. The molecule has 4 unspecified atom stereocenters. The van der Waals surface area contributed by atoms with Crippen molar-refractivity contribution in [3.63, 3.8) is 0 Å². The zero-order chi connectivity index (χ0) is 14.2. The summed E-state index contributed by atoms with van der Waals surface area (Å²) >= 11 is 0. The van der Waals surface area contributed by atoms with Crippen molar-refractivity contribution in [2.45, 2.75) is 45.6 Å². The molecule has 1 saturated heterocycles. The van der Waals surface area contributed by atoms with Crippen molar-refractivity contribution in [1.29, 1.82) is 0 Å². The summed E-state index contributed by atoms with van der Waals surface area (Å²) in [5, 5.41) is 0. The lowest BCUT2D eigenvalue weighted by molar-refractivity contribution is -0.131. The second-order valence-corrected chi connectivity index (χ2v) is 7.57. The number of hydrogen-bond donors (Lipinski definition) is 0. The third-order valence-corrected chi connectivity index (χ3v) is 5.61. The number of nitrogens with zero attached hydrogens (tertiary/aromatic N) is 1. The van der Waals surface area contributed by atoms with Gasteiger partial charge in [0.2, 0.25) is 5.91 Å². The Bertz CT molecular complexity index is 451. The van der Waals surface area contributed by atoms with E-state index in [9.17, 15) is 17.1 Å². The highest BCUT2D eigenvalue weighted by Gasteiger charge is 2.40. The van der Waals surface area contributed by atoms with E-state index in [-0.39, 0.29) is 24.3 Å². The lowest BCUT2D eigenvalue weighted by Gasteiger charge is -2.40. The highest BCUT2D eigenvalue weighted by molar-refractivity contribution is 7.86. The van der Waals surface area contributed by atoms with Crippen molar-refractivity contribution < 1.29 is 17.1 Å². The van der Waals surface area contributed by atoms with Crippen LogP contribution in [-0.4, -0.2) is 37.6 Å². The fraction of sp³-hybridized carbons (Fsp3) is 0.923. The van der Waals surface area contributed by atoms with Crippen LogP contribution in [0.1, 0.15) is 39.5 Å². The first-order chi connectivity index (χ1) is 8.78. The number of rotatable bonds is 3. The molecule has 1 amide bonds. The van der Waals surface area contributed by atoms with Crippen LogP contribution < -0.4 is 0 Å². The monoisotopic (exact) mass is 291 g/mol. The Kier molecular flexibility index (Phi) is 4.18. The van der Waals surface area contributed by atoms with Crippen LogP contribution >= 0.6 is 0 Å². The topological polar surface area (TPSA) is 54.5 Å². The highest BCUT2D eigenvalue weighted by Crippen LogP contribution is 2.35. The summed E-state index contributed by atoms with van der Waals surface area (Å²) in [5.74, 6) is 0.0896. The van der Waals surface area contributed by atoms with Crippen molar-refractivity contribution in [3.05, 3.63) is 0 Å². The molecule has 2 rings (SSSR count). The first-order valence-electron chi connectivity index (χ1n) is 6.99. The highest BCUT2D eigenvalue weighted by atomic mass is 32.3. The third-order valence-electron chi connectivity index (χ3n) is 4.74. The van der Waals surface area contributed by atoms with Crippen molar-refractivity contribution in [1.82, 2.24) is 4.90 Å². The van der Waals surface area contributed by atoms with E-state index in [2.05, 4.69) is 13.8 Å². The summed E-state index contributed by atoms with van der Waals surface area (Å²) in [5.41, 5.74) is 0. The van der Waals surface area contributed by atoms with E-state index < -0.39 is 16.0 Å². The second kappa shape index (κ2) is 5.38. The predicted octanol–water partition coefficient (Wildman–Crippen LogP) is 1.96. The van der Waals surface area contributed by atoms with Gasteiger partial charge in [-0.2, -0.15) is 8.42 Å². The summed E-state index contributed by atoms with van der Waals surface area (Å²) < 4.78 is 34.1. The minimum absolute atomic E-state index is 0.0143. The number of amides is 1. The van der Waals surface area contributed by atoms with Crippen LogP contribution in [0.4, 0.5) is 3.89 Å². The second-order valence-electron chi connectivity index (χ2n) is 6.16. The molecule has 0 radical (unpaired) electrons. The maximum Gasteiger partial charge on any atom is 0.302 e. The van der Waals surface area contributed by atoms with E-state index in [1.165, 1.54) is 6.42 Å². The van der Waals surface area contributed by atoms with Crippen LogP contribution in [0.3, 0.4) is 0 Å². The van der Waals surface area contributed by atoms with Gasteiger partial charge in [0.15, 0.2) is 0 Å². The van der Waals surface area contributed by atoms with Gasteiger partial charge in [-0.05, 0) is 18.3 Å². The molecule has 2 aliphatic rings. The molecule has 6 heteroatoms. The number of halogens is 1. The predicted molar refractivity (Wildman–Crippen MR) is 70.7 cm³/mol. The first kappa shape index (κ1) is 14.8. The number of likely N-dealkylation sites (tertiary alicyclic amines) is 1. The largest absolute Gasteiger partial charge is 0.339 e. The maximum absolute atomic E-state index is 12.7. The van der Waals surface area contributed by atoms with E-state index in [0.29, 0.717) is 18.4 Å². The molecule has 1 heterocycles. The maximum atomic E-state index is 12.7. The third kappa shape index (κ3) is 3.46. The average molecular weight is 291 g/mol. The molecule has 2 fully saturated rings. The fourth-order valence-corrected chi connectivity index (χ4v) is 4.30. The Balaban J connectivity index is 2.03. The Hall–Kier alpha value is -0.650. The van der Waals surface area contributed by atoms with Gasteiger partial charge in [0.05, 0.1) is 5.75 Å². The van der Waals surface area contributed by atoms with Gasteiger partial charge in [0, 0.05) is 24.9 Å². The average Bonchev–Trinajstić information content (AvgIpc) is 2.61. The molecule has 1 saturated carbocycles. The molecule has 0 aromatic heterocycles. The zero-order valence-electron chi connectivity index (χ0n) is 11.5. The van der Waals surface area contributed by atoms with Gasteiger partial charge >= 0.3 is 10.2 Å². The molecule has 19 heavy (non-hydrogen) atoms. The van der Waals surface area contributed by atoms with Crippen LogP contribution in [0.2, 0.25) is 0 Å². The molecular weight excluding hydrogens is 269 g/mol. The Morgan fingerprint density at radius 2 is 2.00 bits per heavy atom. The van der Waals surface area contributed by atoms with Crippen molar-refractivity contribution in [2.75, 3.05) is 12.3 Å². The Morgan fingerprint density at radius 3 is 2.63 bits per heavy atom. The summed E-state index contributed by atoms with van der Waals surface area (Å²) in [4.78, 5) is 13.8. The molecule has 0 bridgehead atoms. The Morgan fingerprint density at radius 1 is 1.32 bits per heavy atom. The fourth-order valence-electron chi connectivity index (χ4n) is 3.52. The molecule has 0 N–H and O–H groups in total. The molecule has 0 spiro atoms. The first-order valence-corrected chi connectivity index (χ1v) is 8.55. The van der Waals surface area contributed by atoms with E-state index in [1.54, 1.807) is 4.90 Å². The van der Waals surface area contributed by atoms with Crippen LogP contribution in [0.25, 0.3) is 0 Å². The van der Waals surface area contributed by atoms with Crippen molar-refractivity contribution in [3.8, 4) is 0 Å². The summed E-state index contributed by atoms with van der Waals surface area (Å²) in [7, 11) is -4.49. The van der Waals surface area contributed by atoms with E-state index >= 15 is 0 Å². The summed E-state index contributed by atoms with van der Waals surface area (Å²) in [6.45, 7) is 4.74. The quantitative estimate of drug-likeness (QED) is 0.747. The minimum atomic E-state index is -4.49. The Labute approximate surface area is 114 Å². The molecule has 110 valence electrons. The van der Waals surface area contributed by atoms with Crippen molar-refractivity contribution >= 4 is 16.1 Å². The van der Waals surface area contributed by atoms with E-state index in [1.807, 2.05) is 0 Å². The van der Waals surface area contributed by atoms with Crippen LogP contribution in [0.5, 0.6) is 0 Å². The number of hydrogen-bond acceptors (Lipinski definition) is 3. The van der Waals surface area contributed by atoms with E-state index in [4.69, 9.17) is 0 Å². The molecule has 4 nitrogen and oxygen atoms in total. The van der Waals surface area contributed by atoms with Crippen molar-refractivity contribution in [2.24, 2.45) is 17.8 Å². The number of carbonyl (C=O) groups is 1. The lowest BCUT2D eigenvalue weighted by atomic mass is 9.77. The van der Waals surface area contributed by atoms with Gasteiger partial charge in [0.25, 0.3) is 0 Å². The molecule has 4 atom stereocenters. The van der Waals surface area contributed by atoms with Crippen LogP contribution in [0.15, 0.2) is 0 Å². The van der Waals surface area contributed by atoms with Gasteiger partial charge < -0.3 is 4.90 Å².